The summed E-state index contributed by atoms with van der Waals surface area (Å²) in [6.07, 6.45) is 3.55. The van der Waals surface area contributed by atoms with Gasteiger partial charge in [-0.1, -0.05) is 19.4 Å². The molecule has 0 bridgehead atoms. The summed E-state index contributed by atoms with van der Waals surface area (Å²) in [5, 5.41) is 0. The molecular formula is C16H20N2O3. The molecule has 0 aliphatic carbocycles. The Hall–Kier alpha value is -1.88. The van der Waals surface area contributed by atoms with Crippen LogP contribution in [-0.4, -0.2) is 35.5 Å². The summed E-state index contributed by atoms with van der Waals surface area (Å²) in [6.45, 7) is 2.70. The Kier molecular flexibility index (Phi) is 3.68. The lowest BCUT2D eigenvalue weighted by atomic mass is 9.99. The highest BCUT2D eigenvalue weighted by Gasteiger charge is 2.42. The zero-order valence-electron chi connectivity index (χ0n) is 12.2. The quantitative estimate of drug-likeness (QED) is 0.683. The van der Waals surface area contributed by atoms with E-state index in [0.29, 0.717) is 29.8 Å². The summed E-state index contributed by atoms with van der Waals surface area (Å²) in [5.41, 5.74) is 7.04. The number of ether oxygens (including phenoxy) is 1. The summed E-state index contributed by atoms with van der Waals surface area (Å²) in [7, 11) is 0. The molecule has 2 aliphatic heterocycles. The number of rotatable bonds is 3. The molecule has 1 saturated heterocycles. The van der Waals surface area contributed by atoms with Crippen LogP contribution in [0.3, 0.4) is 0 Å². The molecule has 1 aromatic carbocycles. The standard InChI is InChI=1S/C16H20N2O3/c1-2-4-11-9-10(7-8-21-11)18-15(19)12-5-3-6-13(17)14(12)16(18)20/h3,5-6,10-11H,2,4,7-9,17H2,1H3. The summed E-state index contributed by atoms with van der Waals surface area (Å²) in [4.78, 5) is 26.5. The number of fused-ring (bicyclic) bond motifs is 1. The summed E-state index contributed by atoms with van der Waals surface area (Å²) < 4.78 is 5.71. The van der Waals surface area contributed by atoms with Crippen LogP contribution in [0.5, 0.6) is 0 Å². The van der Waals surface area contributed by atoms with Gasteiger partial charge < -0.3 is 10.5 Å². The lowest BCUT2D eigenvalue weighted by Gasteiger charge is -2.34. The second-order valence-corrected chi connectivity index (χ2v) is 5.71. The average Bonchev–Trinajstić information content (AvgIpc) is 2.73. The van der Waals surface area contributed by atoms with Crippen LogP contribution < -0.4 is 5.73 Å². The maximum atomic E-state index is 12.6. The Morgan fingerprint density at radius 3 is 2.86 bits per heavy atom. The van der Waals surface area contributed by atoms with Crippen LogP contribution in [0, 0.1) is 0 Å². The van der Waals surface area contributed by atoms with Crippen molar-refractivity contribution in [1.29, 1.82) is 0 Å². The number of amides is 2. The lowest BCUT2D eigenvalue weighted by Crippen LogP contribution is -2.45. The summed E-state index contributed by atoms with van der Waals surface area (Å²) >= 11 is 0. The number of nitrogen functional groups attached to an aromatic ring is 1. The average molecular weight is 288 g/mol. The molecular weight excluding hydrogens is 268 g/mol. The number of hydrogen-bond donors (Lipinski definition) is 1. The Bertz CT molecular complexity index is 583. The lowest BCUT2D eigenvalue weighted by molar-refractivity contribution is -0.0214. The molecule has 112 valence electrons. The second-order valence-electron chi connectivity index (χ2n) is 5.71. The Morgan fingerprint density at radius 1 is 1.33 bits per heavy atom. The molecule has 21 heavy (non-hydrogen) atoms. The Morgan fingerprint density at radius 2 is 2.14 bits per heavy atom. The molecule has 3 rings (SSSR count). The van der Waals surface area contributed by atoms with Gasteiger partial charge in [0.1, 0.15) is 0 Å². The molecule has 2 heterocycles. The molecule has 0 saturated carbocycles. The maximum Gasteiger partial charge on any atom is 0.263 e. The first-order chi connectivity index (χ1) is 10.1. The zero-order valence-corrected chi connectivity index (χ0v) is 12.2. The van der Waals surface area contributed by atoms with Gasteiger partial charge in [-0.15, -0.1) is 0 Å². The van der Waals surface area contributed by atoms with Crippen molar-refractivity contribution >= 4 is 17.5 Å². The predicted octanol–water partition coefficient (Wildman–Crippen LogP) is 2.21. The van der Waals surface area contributed by atoms with Crippen LogP contribution in [0.4, 0.5) is 5.69 Å². The number of benzene rings is 1. The van der Waals surface area contributed by atoms with E-state index in [0.717, 1.165) is 19.3 Å². The molecule has 2 N–H and O–H groups in total. The van der Waals surface area contributed by atoms with Crippen molar-refractivity contribution in [3.8, 4) is 0 Å². The molecule has 5 nitrogen and oxygen atoms in total. The molecule has 2 atom stereocenters. The van der Waals surface area contributed by atoms with E-state index in [9.17, 15) is 9.59 Å². The first kappa shape index (κ1) is 14.1. The van der Waals surface area contributed by atoms with E-state index in [4.69, 9.17) is 10.5 Å². The third kappa shape index (κ3) is 2.31. The van der Waals surface area contributed by atoms with Crippen molar-refractivity contribution in [2.24, 2.45) is 0 Å². The number of carbonyl (C=O) groups is 2. The van der Waals surface area contributed by atoms with Crippen LogP contribution in [-0.2, 0) is 4.74 Å². The highest BCUT2D eigenvalue weighted by atomic mass is 16.5. The van der Waals surface area contributed by atoms with E-state index in [1.807, 2.05) is 0 Å². The van der Waals surface area contributed by atoms with Gasteiger partial charge >= 0.3 is 0 Å². The minimum Gasteiger partial charge on any atom is -0.398 e. The molecule has 5 heteroatoms. The second kappa shape index (κ2) is 5.48. The molecule has 0 aromatic heterocycles. The highest BCUT2D eigenvalue weighted by Crippen LogP contribution is 2.32. The molecule has 0 spiro atoms. The van der Waals surface area contributed by atoms with Crippen LogP contribution in [0.25, 0.3) is 0 Å². The molecule has 1 fully saturated rings. The van der Waals surface area contributed by atoms with Crippen LogP contribution in [0.15, 0.2) is 18.2 Å². The third-order valence-electron chi connectivity index (χ3n) is 4.29. The first-order valence-electron chi connectivity index (χ1n) is 7.51. The number of carbonyl (C=O) groups excluding carboxylic acids is 2. The molecule has 2 aliphatic rings. The van der Waals surface area contributed by atoms with Gasteiger partial charge in [0, 0.05) is 18.3 Å². The minimum atomic E-state index is -0.254. The fraction of sp³-hybridized carbons (Fsp3) is 0.500. The molecule has 2 unspecified atom stereocenters. The van der Waals surface area contributed by atoms with Crippen molar-refractivity contribution in [2.45, 2.75) is 44.8 Å². The van der Waals surface area contributed by atoms with Crippen LogP contribution >= 0.6 is 0 Å². The van der Waals surface area contributed by atoms with Crippen LogP contribution in [0.2, 0.25) is 0 Å². The van der Waals surface area contributed by atoms with Crippen molar-refractivity contribution in [3.63, 3.8) is 0 Å². The van der Waals surface area contributed by atoms with Gasteiger partial charge in [-0.25, -0.2) is 0 Å². The summed E-state index contributed by atoms with van der Waals surface area (Å²) in [6, 6.07) is 4.97. The number of anilines is 1. The van der Waals surface area contributed by atoms with Crippen molar-refractivity contribution in [2.75, 3.05) is 12.3 Å². The summed E-state index contributed by atoms with van der Waals surface area (Å²) in [5.74, 6) is -0.473. The monoisotopic (exact) mass is 288 g/mol. The van der Waals surface area contributed by atoms with E-state index < -0.39 is 0 Å². The van der Waals surface area contributed by atoms with E-state index in [2.05, 4.69) is 6.92 Å². The fourth-order valence-corrected chi connectivity index (χ4v) is 3.28. The Balaban J connectivity index is 1.86. The number of imide groups is 1. The van der Waals surface area contributed by atoms with Gasteiger partial charge in [0.15, 0.2) is 0 Å². The predicted molar refractivity (Wildman–Crippen MR) is 79.0 cm³/mol. The minimum absolute atomic E-state index is 0.0814. The van der Waals surface area contributed by atoms with Gasteiger partial charge in [0.25, 0.3) is 11.8 Å². The normalized spacial score (nSPS) is 25.3. The highest BCUT2D eigenvalue weighted by molar-refractivity contribution is 6.23. The number of nitrogens with zero attached hydrogens (tertiary/aromatic N) is 1. The smallest absolute Gasteiger partial charge is 0.263 e. The Labute approximate surface area is 124 Å². The van der Waals surface area contributed by atoms with Gasteiger partial charge in [0.05, 0.1) is 17.2 Å². The number of hydrogen-bond acceptors (Lipinski definition) is 4. The van der Waals surface area contributed by atoms with E-state index in [1.165, 1.54) is 4.90 Å². The first-order valence-corrected chi connectivity index (χ1v) is 7.51. The van der Waals surface area contributed by atoms with Gasteiger partial charge in [-0.3, -0.25) is 14.5 Å². The SMILES string of the molecule is CCCC1CC(N2C(=O)c3cccc(N)c3C2=O)CCO1. The van der Waals surface area contributed by atoms with Crippen LogP contribution in [0.1, 0.15) is 53.3 Å². The molecule has 2 amide bonds. The molecule has 1 aromatic rings. The van der Waals surface area contributed by atoms with Crippen molar-refractivity contribution < 1.29 is 14.3 Å². The van der Waals surface area contributed by atoms with Gasteiger partial charge in [-0.2, -0.15) is 0 Å². The fourth-order valence-electron chi connectivity index (χ4n) is 3.28. The largest absolute Gasteiger partial charge is 0.398 e. The van der Waals surface area contributed by atoms with Crippen molar-refractivity contribution in [1.82, 2.24) is 4.90 Å². The van der Waals surface area contributed by atoms with E-state index in [1.54, 1.807) is 18.2 Å². The van der Waals surface area contributed by atoms with Gasteiger partial charge in [0.2, 0.25) is 0 Å². The third-order valence-corrected chi connectivity index (χ3v) is 4.29. The maximum absolute atomic E-state index is 12.6. The topological polar surface area (TPSA) is 72.6 Å². The number of nitrogens with two attached hydrogens (primary N) is 1. The van der Waals surface area contributed by atoms with Gasteiger partial charge in [-0.05, 0) is 31.4 Å². The van der Waals surface area contributed by atoms with E-state index in [-0.39, 0.29) is 24.0 Å². The molecule has 0 radical (unpaired) electrons. The van der Waals surface area contributed by atoms with E-state index >= 15 is 0 Å². The van der Waals surface area contributed by atoms with Crippen molar-refractivity contribution in [3.05, 3.63) is 29.3 Å². The zero-order chi connectivity index (χ0) is 15.0.